The lowest BCUT2D eigenvalue weighted by Gasteiger charge is -2.23. The molecule has 3 aromatic rings. The van der Waals surface area contributed by atoms with Crippen molar-refractivity contribution in [2.24, 2.45) is 0 Å². The van der Waals surface area contributed by atoms with E-state index in [-0.39, 0.29) is 24.1 Å². The Morgan fingerprint density at radius 1 is 1.32 bits per heavy atom. The van der Waals surface area contributed by atoms with Gasteiger partial charge in [0.05, 0.1) is 23.3 Å². The predicted molar refractivity (Wildman–Crippen MR) is 88.7 cm³/mol. The Morgan fingerprint density at radius 3 is 2.96 bits per heavy atom. The molecule has 128 valence electrons. The fourth-order valence-electron chi connectivity index (χ4n) is 3.35. The molecule has 1 aliphatic rings. The highest BCUT2D eigenvalue weighted by atomic mass is 16.6. The summed E-state index contributed by atoms with van der Waals surface area (Å²) >= 11 is 0. The van der Waals surface area contributed by atoms with Gasteiger partial charge in [0.15, 0.2) is 0 Å². The minimum absolute atomic E-state index is 0.0442. The smallest absolute Gasteiger partial charge is 0.261 e. The van der Waals surface area contributed by atoms with Crippen LogP contribution in [0.25, 0.3) is 10.9 Å². The van der Waals surface area contributed by atoms with Crippen molar-refractivity contribution in [1.29, 1.82) is 0 Å². The molecule has 4 rings (SSSR count). The van der Waals surface area contributed by atoms with Crippen LogP contribution in [0.3, 0.4) is 0 Å². The largest absolute Gasteiger partial charge is 0.332 e. The topological polar surface area (TPSA) is 94.1 Å². The van der Waals surface area contributed by atoms with E-state index in [1.165, 1.54) is 10.9 Å². The highest BCUT2D eigenvalue weighted by Crippen LogP contribution is 2.32. The molecule has 8 heteroatoms. The van der Waals surface area contributed by atoms with Gasteiger partial charge in [-0.25, -0.2) is 9.61 Å². The molecule has 1 amide bonds. The Kier molecular flexibility index (Phi) is 3.79. The van der Waals surface area contributed by atoms with Gasteiger partial charge < -0.3 is 4.90 Å². The van der Waals surface area contributed by atoms with Gasteiger partial charge in [-0.05, 0) is 31.9 Å². The van der Waals surface area contributed by atoms with E-state index < -0.39 is 0 Å². The normalized spacial score (nSPS) is 17.3. The summed E-state index contributed by atoms with van der Waals surface area (Å²) in [5.41, 5.74) is 1.79. The minimum Gasteiger partial charge on any atom is -0.332 e. The Labute approximate surface area is 143 Å². The van der Waals surface area contributed by atoms with Gasteiger partial charge in [-0.15, -0.1) is 0 Å². The summed E-state index contributed by atoms with van der Waals surface area (Å²) < 4.78 is 6.12. The van der Waals surface area contributed by atoms with Crippen molar-refractivity contribution in [3.8, 4) is 0 Å². The molecular formula is C17H17N5O3. The van der Waals surface area contributed by atoms with E-state index in [4.69, 9.17) is 4.63 Å². The first-order valence-electron chi connectivity index (χ1n) is 8.18. The summed E-state index contributed by atoms with van der Waals surface area (Å²) in [6.45, 7) is 2.40. The number of hydrogen-bond donors (Lipinski definition) is 0. The van der Waals surface area contributed by atoms with Crippen molar-refractivity contribution in [2.45, 2.75) is 32.4 Å². The van der Waals surface area contributed by atoms with Gasteiger partial charge in [0, 0.05) is 6.54 Å². The fraction of sp³-hybridized carbons (Fsp3) is 0.353. The molecule has 0 spiro atoms. The average Bonchev–Trinajstić information content (AvgIpc) is 3.26. The second-order valence-corrected chi connectivity index (χ2v) is 6.17. The van der Waals surface area contributed by atoms with Gasteiger partial charge in [-0.2, -0.15) is 0 Å². The fourth-order valence-corrected chi connectivity index (χ4v) is 3.35. The van der Waals surface area contributed by atoms with Crippen molar-refractivity contribution >= 4 is 16.8 Å². The third kappa shape index (κ3) is 2.69. The maximum Gasteiger partial charge on any atom is 0.261 e. The van der Waals surface area contributed by atoms with Gasteiger partial charge in [0.1, 0.15) is 17.9 Å². The third-order valence-electron chi connectivity index (χ3n) is 4.61. The van der Waals surface area contributed by atoms with Gasteiger partial charge in [0.2, 0.25) is 5.91 Å². The monoisotopic (exact) mass is 339 g/mol. The van der Waals surface area contributed by atoms with E-state index in [0.29, 0.717) is 28.8 Å². The van der Waals surface area contributed by atoms with E-state index in [1.54, 1.807) is 23.1 Å². The van der Waals surface area contributed by atoms with Crippen LogP contribution in [0.5, 0.6) is 0 Å². The molecule has 1 aliphatic heterocycles. The number of carbonyl (C=O) groups excluding carboxylic acids is 1. The van der Waals surface area contributed by atoms with Crippen LogP contribution in [0.1, 0.15) is 30.3 Å². The molecular weight excluding hydrogens is 322 g/mol. The van der Waals surface area contributed by atoms with Crippen molar-refractivity contribution in [2.75, 3.05) is 6.54 Å². The average molecular weight is 339 g/mol. The number of para-hydroxylation sites is 1. The van der Waals surface area contributed by atoms with Crippen molar-refractivity contribution in [3.63, 3.8) is 0 Å². The van der Waals surface area contributed by atoms with E-state index in [2.05, 4.69) is 15.3 Å². The van der Waals surface area contributed by atoms with Crippen LogP contribution < -0.4 is 5.56 Å². The third-order valence-corrected chi connectivity index (χ3v) is 4.61. The summed E-state index contributed by atoms with van der Waals surface area (Å²) in [4.78, 5) is 31.3. The molecule has 2 aromatic heterocycles. The molecule has 8 nitrogen and oxygen atoms in total. The second kappa shape index (κ2) is 6.12. The standard InChI is InChI=1S/C17H17N5O3/c1-11-16(20-25-19-11)14-7-4-8-22(14)15(23)9-21-10-18-13-6-3-2-5-12(13)17(21)24/h2-3,5-6,10,14H,4,7-9H2,1H3/t14-/m0/s1. The summed E-state index contributed by atoms with van der Waals surface area (Å²) in [5.74, 6) is -0.135. The SMILES string of the molecule is Cc1nonc1[C@@H]1CCCN1C(=O)Cn1cnc2ccccc2c1=O. The van der Waals surface area contributed by atoms with Crippen molar-refractivity contribution in [1.82, 2.24) is 24.8 Å². The number of amides is 1. The van der Waals surface area contributed by atoms with E-state index in [0.717, 1.165) is 12.8 Å². The van der Waals surface area contributed by atoms with Gasteiger partial charge in [-0.3, -0.25) is 14.2 Å². The van der Waals surface area contributed by atoms with Crippen molar-refractivity contribution < 1.29 is 9.42 Å². The molecule has 0 N–H and O–H groups in total. The zero-order valence-corrected chi connectivity index (χ0v) is 13.8. The lowest BCUT2D eigenvalue weighted by molar-refractivity contribution is -0.132. The summed E-state index contributed by atoms with van der Waals surface area (Å²) in [5, 5.41) is 8.24. The molecule has 1 fully saturated rings. The number of fused-ring (bicyclic) bond motifs is 1. The van der Waals surface area contributed by atoms with E-state index >= 15 is 0 Å². The highest BCUT2D eigenvalue weighted by Gasteiger charge is 2.33. The first kappa shape index (κ1) is 15.5. The zero-order chi connectivity index (χ0) is 17.4. The molecule has 1 saturated heterocycles. The summed E-state index contributed by atoms with van der Waals surface area (Å²) in [6, 6.07) is 6.96. The maximum absolute atomic E-state index is 12.8. The summed E-state index contributed by atoms with van der Waals surface area (Å²) in [6.07, 6.45) is 3.12. The number of benzene rings is 1. The van der Waals surface area contributed by atoms with Crippen LogP contribution in [0, 0.1) is 6.92 Å². The highest BCUT2D eigenvalue weighted by molar-refractivity contribution is 5.79. The van der Waals surface area contributed by atoms with E-state index in [1.807, 2.05) is 13.0 Å². The number of hydrogen-bond acceptors (Lipinski definition) is 6. The number of rotatable bonds is 3. The van der Waals surface area contributed by atoms with Crippen LogP contribution in [-0.2, 0) is 11.3 Å². The minimum atomic E-state index is -0.214. The molecule has 0 aliphatic carbocycles. The number of likely N-dealkylation sites (tertiary alicyclic amines) is 1. The maximum atomic E-state index is 12.8. The zero-order valence-electron chi connectivity index (χ0n) is 13.8. The Hall–Kier alpha value is -3.03. The molecule has 3 heterocycles. The lowest BCUT2D eigenvalue weighted by Crippen LogP contribution is -2.36. The number of aryl methyl sites for hydroxylation is 1. The molecule has 0 bridgehead atoms. The molecule has 0 radical (unpaired) electrons. The van der Waals surface area contributed by atoms with Crippen LogP contribution >= 0.6 is 0 Å². The molecule has 1 atom stereocenters. The Balaban J connectivity index is 1.61. The van der Waals surface area contributed by atoms with E-state index in [9.17, 15) is 9.59 Å². The van der Waals surface area contributed by atoms with Gasteiger partial charge in [-0.1, -0.05) is 22.4 Å². The molecule has 0 unspecified atom stereocenters. The lowest BCUT2D eigenvalue weighted by atomic mass is 10.1. The molecule has 0 saturated carbocycles. The quantitative estimate of drug-likeness (QED) is 0.717. The van der Waals surface area contributed by atoms with Gasteiger partial charge in [0.25, 0.3) is 5.56 Å². The Morgan fingerprint density at radius 2 is 2.16 bits per heavy atom. The predicted octanol–water partition coefficient (Wildman–Crippen LogP) is 1.45. The second-order valence-electron chi connectivity index (χ2n) is 6.17. The van der Waals surface area contributed by atoms with Crippen LogP contribution in [0.15, 0.2) is 40.0 Å². The Bertz CT molecular complexity index is 993. The van der Waals surface area contributed by atoms with Crippen LogP contribution in [-0.4, -0.2) is 37.2 Å². The van der Waals surface area contributed by atoms with Gasteiger partial charge >= 0.3 is 0 Å². The number of aromatic nitrogens is 4. The molecule has 1 aromatic carbocycles. The first-order chi connectivity index (χ1) is 12.1. The van der Waals surface area contributed by atoms with Crippen molar-refractivity contribution in [3.05, 3.63) is 52.3 Å². The first-order valence-corrected chi connectivity index (χ1v) is 8.18. The number of carbonyl (C=O) groups is 1. The van der Waals surface area contributed by atoms with Crippen LogP contribution in [0.2, 0.25) is 0 Å². The molecule has 25 heavy (non-hydrogen) atoms. The summed E-state index contributed by atoms with van der Waals surface area (Å²) in [7, 11) is 0. The van der Waals surface area contributed by atoms with Crippen LogP contribution in [0.4, 0.5) is 0 Å². The number of nitrogens with zero attached hydrogens (tertiary/aromatic N) is 5.